The van der Waals surface area contributed by atoms with Crippen LogP contribution in [0.4, 0.5) is 0 Å². The summed E-state index contributed by atoms with van der Waals surface area (Å²) in [6.45, 7) is 2.12. The summed E-state index contributed by atoms with van der Waals surface area (Å²) in [4.78, 5) is 24.6. The lowest BCUT2D eigenvalue weighted by Crippen LogP contribution is -2.40. The molecule has 2 rings (SSSR count). The van der Waals surface area contributed by atoms with Crippen LogP contribution in [-0.2, 0) is 19.6 Å². The highest BCUT2D eigenvalue weighted by Crippen LogP contribution is 2.21. The van der Waals surface area contributed by atoms with Crippen LogP contribution in [0.15, 0.2) is 24.3 Å². The summed E-state index contributed by atoms with van der Waals surface area (Å²) in [5, 5.41) is 0. The number of Topliss-reactive ketones (excluding diaryl/α,β-unsaturated/α-hetero) is 1. The molecular weight excluding hydrogens is 346 g/mol. The second-order valence-corrected chi connectivity index (χ2v) is 8.09. The van der Waals surface area contributed by atoms with Crippen LogP contribution in [-0.4, -0.2) is 57.0 Å². The number of ether oxygens (including phenoxy) is 2. The minimum absolute atomic E-state index is 0.287. The van der Waals surface area contributed by atoms with Crippen molar-refractivity contribution in [3.05, 3.63) is 29.8 Å². The molecule has 1 fully saturated rings. The second-order valence-electron chi connectivity index (χ2n) is 6.11. The lowest BCUT2D eigenvalue weighted by atomic mass is 9.98. The smallest absolute Gasteiger partial charge is 0.309 e. The maximum absolute atomic E-state index is 12.3. The van der Waals surface area contributed by atoms with Crippen molar-refractivity contribution < 1.29 is 27.5 Å². The number of sulfonamides is 1. The van der Waals surface area contributed by atoms with Gasteiger partial charge in [-0.1, -0.05) is 0 Å². The summed E-state index contributed by atoms with van der Waals surface area (Å²) >= 11 is 0. The summed E-state index contributed by atoms with van der Waals surface area (Å²) in [6.07, 6.45) is 1.06. The number of carbonyl (C=O) groups is 2. The lowest BCUT2D eigenvalue weighted by Gasteiger charge is -2.29. The van der Waals surface area contributed by atoms with Crippen LogP contribution in [0.1, 0.15) is 30.1 Å². The van der Waals surface area contributed by atoms with Gasteiger partial charge in [-0.05, 0) is 44.0 Å². The first-order valence-corrected chi connectivity index (χ1v) is 9.91. The fraction of sp³-hybridized carbons (Fsp3) is 0.529. The molecule has 25 heavy (non-hydrogen) atoms. The van der Waals surface area contributed by atoms with E-state index in [4.69, 9.17) is 9.47 Å². The van der Waals surface area contributed by atoms with Crippen LogP contribution in [0, 0.1) is 5.92 Å². The Balaban J connectivity index is 1.90. The summed E-state index contributed by atoms with van der Waals surface area (Å²) in [5.74, 6) is -0.491. The number of rotatable bonds is 6. The highest BCUT2D eigenvalue weighted by Gasteiger charge is 2.31. The molecule has 0 radical (unpaired) electrons. The highest BCUT2D eigenvalue weighted by atomic mass is 32.2. The molecule has 0 spiro atoms. The Labute approximate surface area is 148 Å². The molecule has 138 valence electrons. The largest absolute Gasteiger partial charge is 0.497 e. The van der Waals surface area contributed by atoms with Crippen molar-refractivity contribution in [1.82, 2.24) is 4.31 Å². The van der Waals surface area contributed by atoms with Gasteiger partial charge in [0.15, 0.2) is 6.10 Å². The number of hydrogen-bond acceptors (Lipinski definition) is 6. The van der Waals surface area contributed by atoms with Crippen LogP contribution >= 0.6 is 0 Å². The zero-order valence-corrected chi connectivity index (χ0v) is 15.4. The molecule has 0 saturated carbocycles. The number of hydrogen-bond donors (Lipinski definition) is 0. The molecule has 8 heteroatoms. The van der Waals surface area contributed by atoms with E-state index < -0.39 is 22.1 Å². The van der Waals surface area contributed by atoms with E-state index in [1.165, 1.54) is 18.3 Å². The molecule has 1 unspecified atom stereocenters. The molecule has 1 aliphatic heterocycles. The van der Waals surface area contributed by atoms with E-state index >= 15 is 0 Å². The summed E-state index contributed by atoms with van der Waals surface area (Å²) in [6, 6.07) is 6.58. The number of carbonyl (C=O) groups excluding carboxylic acids is 2. The van der Waals surface area contributed by atoms with Gasteiger partial charge >= 0.3 is 5.97 Å². The maximum Gasteiger partial charge on any atom is 0.309 e. The van der Waals surface area contributed by atoms with Crippen molar-refractivity contribution in [1.29, 1.82) is 0 Å². The molecule has 0 N–H and O–H groups in total. The molecule has 1 saturated heterocycles. The van der Waals surface area contributed by atoms with E-state index in [2.05, 4.69) is 0 Å². The van der Waals surface area contributed by atoms with Gasteiger partial charge in [-0.2, -0.15) is 0 Å². The topological polar surface area (TPSA) is 90.0 Å². The zero-order valence-electron chi connectivity index (χ0n) is 14.6. The lowest BCUT2D eigenvalue weighted by molar-refractivity contribution is -0.152. The molecule has 0 bridgehead atoms. The number of piperidine rings is 1. The van der Waals surface area contributed by atoms with Crippen LogP contribution in [0.2, 0.25) is 0 Å². The van der Waals surface area contributed by atoms with E-state index in [0.717, 1.165) is 6.26 Å². The van der Waals surface area contributed by atoms with Crippen LogP contribution in [0.25, 0.3) is 0 Å². The minimum atomic E-state index is -3.24. The van der Waals surface area contributed by atoms with Gasteiger partial charge in [-0.3, -0.25) is 9.59 Å². The van der Waals surface area contributed by atoms with Crippen LogP contribution in [0.5, 0.6) is 5.75 Å². The molecule has 0 aliphatic carbocycles. The van der Waals surface area contributed by atoms with Gasteiger partial charge in [-0.25, -0.2) is 12.7 Å². The molecular formula is C17H23NO6S. The van der Waals surface area contributed by atoms with E-state index in [1.807, 2.05) is 0 Å². The van der Waals surface area contributed by atoms with Gasteiger partial charge in [0.2, 0.25) is 15.8 Å². The number of benzene rings is 1. The average molecular weight is 369 g/mol. The van der Waals surface area contributed by atoms with Crippen molar-refractivity contribution in [3.63, 3.8) is 0 Å². The highest BCUT2D eigenvalue weighted by molar-refractivity contribution is 7.88. The van der Waals surface area contributed by atoms with Gasteiger partial charge < -0.3 is 9.47 Å². The van der Waals surface area contributed by atoms with Crippen molar-refractivity contribution in [3.8, 4) is 5.75 Å². The van der Waals surface area contributed by atoms with Crippen molar-refractivity contribution >= 4 is 21.8 Å². The number of methoxy groups -OCH3 is 1. The Morgan fingerprint density at radius 2 is 1.72 bits per heavy atom. The van der Waals surface area contributed by atoms with Crippen LogP contribution in [0.3, 0.4) is 0 Å². The number of esters is 1. The Hall–Kier alpha value is -1.93. The third-order valence-corrected chi connectivity index (χ3v) is 5.60. The number of nitrogens with zero attached hydrogens (tertiary/aromatic N) is 1. The molecule has 1 aromatic rings. The van der Waals surface area contributed by atoms with E-state index in [1.54, 1.807) is 24.3 Å². The summed E-state index contributed by atoms with van der Waals surface area (Å²) in [5.41, 5.74) is 0.438. The predicted octanol–water partition coefficient (Wildman–Crippen LogP) is 1.48. The molecule has 0 amide bonds. The monoisotopic (exact) mass is 369 g/mol. The Bertz CT molecular complexity index is 720. The fourth-order valence-corrected chi connectivity index (χ4v) is 3.61. The zero-order chi connectivity index (χ0) is 18.6. The first kappa shape index (κ1) is 19.4. The third kappa shape index (κ3) is 5.02. The standard InChI is InChI=1S/C17H23NO6S/c1-12(16(19)13-4-6-15(23-2)7-5-13)24-17(20)14-8-10-18(11-9-14)25(3,21)22/h4-7,12,14H,8-11H2,1-3H3. The van der Waals surface area contributed by atoms with Gasteiger partial charge in [0.05, 0.1) is 19.3 Å². The summed E-state index contributed by atoms with van der Waals surface area (Å²) < 4.78 is 34.7. The molecule has 1 atom stereocenters. The first-order valence-electron chi connectivity index (χ1n) is 8.06. The normalized spacial score (nSPS) is 17.7. The van der Waals surface area contributed by atoms with E-state index in [0.29, 0.717) is 37.2 Å². The van der Waals surface area contributed by atoms with Crippen LogP contribution < -0.4 is 4.74 Å². The van der Waals surface area contributed by atoms with Gasteiger partial charge in [0.25, 0.3) is 0 Å². The predicted molar refractivity (Wildman–Crippen MR) is 92.0 cm³/mol. The summed E-state index contributed by atoms with van der Waals surface area (Å²) in [7, 11) is -1.70. The molecule has 1 aromatic carbocycles. The Morgan fingerprint density at radius 1 is 1.16 bits per heavy atom. The van der Waals surface area contributed by atoms with Gasteiger partial charge in [0.1, 0.15) is 5.75 Å². The van der Waals surface area contributed by atoms with Gasteiger partial charge in [0, 0.05) is 18.7 Å². The quantitative estimate of drug-likeness (QED) is 0.557. The second kappa shape index (κ2) is 7.97. The molecule has 0 aromatic heterocycles. The van der Waals surface area contributed by atoms with E-state index in [-0.39, 0.29) is 11.7 Å². The SMILES string of the molecule is COc1ccc(C(=O)C(C)OC(=O)C2CCN(S(C)(=O)=O)CC2)cc1. The molecule has 7 nitrogen and oxygen atoms in total. The van der Waals surface area contributed by atoms with Crippen molar-refractivity contribution in [2.75, 3.05) is 26.5 Å². The van der Waals surface area contributed by atoms with Crippen molar-refractivity contribution in [2.45, 2.75) is 25.9 Å². The minimum Gasteiger partial charge on any atom is -0.497 e. The maximum atomic E-state index is 12.3. The van der Waals surface area contributed by atoms with Gasteiger partial charge in [-0.15, -0.1) is 0 Å². The Kier molecular flexibility index (Phi) is 6.18. The number of ketones is 1. The van der Waals surface area contributed by atoms with Crippen molar-refractivity contribution in [2.24, 2.45) is 5.92 Å². The Morgan fingerprint density at radius 3 is 2.20 bits per heavy atom. The fourth-order valence-electron chi connectivity index (χ4n) is 2.74. The molecule has 1 heterocycles. The average Bonchev–Trinajstić information content (AvgIpc) is 2.60. The molecule has 1 aliphatic rings. The first-order chi connectivity index (χ1) is 11.7. The van der Waals surface area contributed by atoms with E-state index in [9.17, 15) is 18.0 Å². The third-order valence-electron chi connectivity index (χ3n) is 4.29.